The Hall–Kier alpha value is -2.63. The minimum absolute atomic E-state index is 0.121. The molecular formula is C24H24ClNO4. The molecule has 2 aromatic carbocycles. The van der Waals surface area contributed by atoms with Crippen LogP contribution in [0.25, 0.3) is 11.0 Å². The molecule has 2 heterocycles. The first-order valence-electron chi connectivity index (χ1n) is 10.1. The van der Waals surface area contributed by atoms with E-state index in [1.807, 2.05) is 31.2 Å². The Labute approximate surface area is 180 Å². The predicted octanol–water partition coefficient (Wildman–Crippen LogP) is 4.90. The van der Waals surface area contributed by atoms with Gasteiger partial charge in [-0.2, -0.15) is 0 Å². The molecule has 0 saturated carbocycles. The third kappa shape index (κ3) is 3.42. The maximum atomic E-state index is 13.5. The molecule has 30 heavy (non-hydrogen) atoms. The molecule has 1 atom stereocenters. The van der Waals surface area contributed by atoms with Crippen molar-refractivity contribution in [2.45, 2.75) is 32.7 Å². The number of hydrogen-bond acceptors (Lipinski definition) is 4. The Morgan fingerprint density at radius 2 is 1.90 bits per heavy atom. The van der Waals surface area contributed by atoms with E-state index in [0.29, 0.717) is 41.1 Å². The molecule has 0 fully saturated rings. The van der Waals surface area contributed by atoms with Gasteiger partial charge in [0, 0.05) is 25.3 Å². The van der Waals surface area contributed by atoms with Crippen molar-refractivity contribution in [2.75, 3.05) is 20.3 Å². The van der Waals surface area contributed by atoms with Crippen LogP contribution in [0.3, 0.4) is 0 Å². The Kier molecular flexibility index (Phi) is 5.67. The zero-order chi connectivity index (χ0) is 21.4. The van der Waals surface area contributed by atoms with Crippen molar-refractivity contribution in [1.29, 1.82) is 0 Å². The van der Waals surface area contributed by atoms with Crippen molar-refractivity contribution < 1.29 is 13.9 Å². The van der Waals surface area contributed by atoms with Crippen LogP contribution in [0, 0.1) is 6.92 Å². The third-order valence-corrected chi connectivity index (χ3v) is 6.11. The van der Waals surface area contributed by atoms with E-state index in [0.717, 1.165) is 17.5 Å². The number of carbonyl (C=O) groups is 1. The van der Waals surface area contributed by atoms with Crippen molar-refractivity contribution in [3.05, 3.63) is 79.7 Å². The summed E-state index contributed by atoms with van der Waals surface area (Å²) in [6.07, 6.45) is 1.58. The van der Waals surface area contributed by atoms with Gasteiger partial charge in [-0.1, -0.05) is 42.8 Å². The largest absolute Gasteiger partial charge is 0.450 e. The monoisotopic (exact) mass is 425 g/mol. The Morgan fingerprint density at radius 1 is 1.17 bits per heavy atom. The normalized spacial score (nSPS) is 15.8. The molecule has 156 valence electrons. The molecule has 0 spiro atoms. The summed E-state index contributed by atoms with van der Waals surface area (Å²) in [6, 6.07) is 10.9. The molecule has 1 aromatic heterocycles. The van der Waals surface area contributed by atoms with Crippen LogP contribution < -0.4 is 5.43 Å². The number of carbonyl (C=O) groups excluding carboxylic acids is 1. The van der Waals surface area contributed by atoms with Crippen molar-refractivity contribution in [1.82, 2.24) is 4.90 Å². The number of fused-ring (bicyclic) bond motifs is 2. The molecule has 0 bridgehead atoms. The highest BCUT2D eigenvalue weighted by Crippen LogP contribution is 2.38. The van der Waals surface area contributed by atoms with Crippen LogP contribution in [0.1, 0.15) is 52.2 Å². The van der Waals surface area contributed by atoms with E-state index in [1.54, 1.807) is 24.1 Å². The molecule has 0 N–H and O–H groups in total. The van der Waals surface area contributed by atoms with Gasteiger partial charge in [0.2, 0.25) is 5.76 Å². The number of hydrogen-bond donors (Lipinski definition) is 0. The van der Waals surface area contributed by atoms with Crippen LogP contribution in [-0.2, 0) is 11.2 Å². The smallest absolute Gasteiger partial charge is 0.290 e. The van der Waals surface area contributed by atoms with Crippen LogP contribution >= 0.6 is 11.6 Å². The van der Waals surface area contributed by atoms with Gasteiger partial charge in [0.25, 0.3) is 5.91 Å². The lowest BCUT2D eigenvalue weighted by atomic mass is 9.97. The van der Waals surface area contributed by atoms with Crippen molar-refractivity contribution >= 4 is 28.5 Å². The van der Waals surface area contributed by atoms with Crippen molar-refractivity contribution in [3.8, 4) is 0 Å². The van der Waals surface area contributed by atoms with E-state index in [2.05, 4.69) is 6.92 Å². The average Bonchev–Trinajstić information content (AvgIpc) is 3.02. The number of aryl methyl sites for hydroxylation is 2. The summed E-state index contributed by atoms with van der Waals surface area (Å²) in [5, 5.41) is 0.894. The summed E-state index contributed by atoms with van der Waals surface area (Å²) < 4.78 is 11.1. The number of amides is 1. The fraction of sp³-hybridized carbons (Fsp3) is 0.333. The van der Waals surface area contributed by atoms with E-state index < -0.39 is 6.04 Å². The van der Waals surface area contributed by atoms with Gasteiger partial charge < -0.3 is 14.1 Å². The maximum Gasteiger partial charge on any atom is 0.290 e. The summed E-state index contributed by atoms with van der Waals surface area (Å²) in [6.45, 7) is 4.92. The molecule has 1 aliphatic rings. The zero-order valence-electron chi connectivity index (χ0n) is 17.3. The molecule has 4 rings (SSSR count). The number of benzene rings is 2. The van der Waals surface area contributed by atoms with Gasteiger partial charge in [0.1, 0.15) is 5.58 Å². The second-order valence-corrected chi connectivity index (χ2v) is 8.02. The standard InChI is InChI=1S/C24H24ClNO4/c1-4-15-6-8-16(9-7-15)21-20-22(27)17-13-18(25)14(2)12-19(17)30-23(20)24(28)26(21)10-5-11-29-3/h6-9,12-13,21H,4-5,10-11H2,1-3H3. The van der Waals surface area contributed by atoms with Gasteiger partial charge in [0.05, 0.1) is 17.0 Å². The number of halogens is 1. The molecule has 1 amide bonds. The molecule has 6 heteroatoms. The lowest BCUT2D eigenvalue weighted by Gasteiger charge is -2.25. The second-order valence-electron chi connectivity index (χ2n) is 7.61. The summed E-state index contributed by atoms with van der Waals surface area (Å²) in [5.74, 6) is -0.145. The summed E-state index contributed by atoms with van der Waals surface area (Å²) >= 11 is 6.27. The van der Waals surface area contributed by atoms with E-state index in [4.69, 9.17) is 20.8 Å². The van der Waals surface area contributed by atoms with Gasteiger partial charge >= 0.3 is 0 Å². The van der Waals surface area contributed by atoms with E-state index in [-0.39, 0.29) is 17.1 Å². The van der Waals surface area contributed by atoms with E-state index in [1.165, 1.54) is 5.56 Å². The first kappa shape index (κ1) is 20.6. The summed E-state index contributed by atoms with van der Waals surface area (Å²) in [7, 11) is 1.63. The highest BCUT2D eigenvalue weighted by atomic mass is 35.5. The van der Waals surface area contributed by atoms with E-state index >= 15 is 0 Å². The molecule has 5 nitrogen and oxygen atoms in total. The van der Waals surface area contributed by atoms with Crippen LogP contribution in [0.15, 0.2) is 45.6 Å². The van der Waals surface area contributed by atoms with Crippen molar-refractivity contribution in [3.63, 3.8) is 0 Å². The number of nitrogens with zero attached hydrogens (tertiary/aromatic N) is 1. The zero-order valence-corrected chi connectivity index (χ0v) is 18.1. The Morgan fingerprint density at radius 3 is 2.57 bits per heavy atom. The molecule has 1 aliphatic heterocycles. The Balaban J connectivity index is 1.91. The maximum absolute atomic E-state index is 13.5. The topological polar surface area (TPSA) is 59.8 Å². The van der Waals surface area contributed by atoms with Crippen molar-refractivity contribution in [2.24, 2.45) is 0 Å². The molecule has 0 saturated heterocycles. The number of methoxy groups -OCH3 is 1. The highest BCUT2D eigenvalue weighted by molar-refractivity contribution is 6.32. The third-order valence-electron chi connectivity index (χ3n) is 5.70. The summed E-state index contributed by atoms with van der Waals surface area (Å²) in [4.78, 5) is 28.5. The molecule has 1 unspecified atom stereocenters. The van der Waals surface area contributed by atoms with E-state index in [9.17, 15) is 9.59 Å². The van der Waals surface area contributed by atoms with Gasteiger partial charge in [-0.3, -0.25) is 9.59 Å². The predicted molar refractivity (Wildman–Crippen MR) is 117 cm³/mol. The minimum atomic E-state index is -0.490. The Bertz CT molecular complexity index is 1170. The quantitative estimate of drug-likeness (QED) is 0.527. The second kappa shape index (κ2) is 8.25. The van der Waals surface area contributed by atoms with Gasteiger partial charge in [-0.05, 0) is 48.6 Å². The number of rotatable bonds is 6. The fourth-order valence-electron chi connectivity index (χ4n) is 4.03. The molecule has 0 radical (unpaired) electrons. The molecule has 0 aliphatic carbocycles. The summed E-state index contributed by atoms with van der Waals surface area (Å²) in [5.41, 5.74) is 3.44. The average molecular weight is 426 g/mol. The lowest BCUT2D eigenvalue weighted by Crippen LogP contribution is -2.31. The minimum Gasteiger partial charge on any atom is -0.450 e. The van der Waals surface area contributed by atoms with Gasteiger partial charge in [-0.25, -0.2) is 0 Å². The molecule has 3 aromatic rings. The lowest BCUT2D eigenvalue weighted by molar-refractivity contribution is 0.0708. The first-order chi connectivity index (χ1) is 14.5. The van der Waals surface area contributed by atoms with Crippen LogP contribution in [0.4, 0.5) is 0 Å². The SMILES string of the molecule is CCc1ccc(C2c3c(oc4cc(C)c(Cl)cc4c3=O)C(=O)N2CCCOC)cc1. The van der Waals surface area contributed by atoms with Crippen LogP contribution in [-0.4, -0.2) is 31.1 Å². The highest BCUT2D eigenvalue weighted by Gasteiger charge is 2.42. The first-order valence-corrected chi connectivity index (χ1v) is 10.5. The van der Waals surface area contributed by atoms with Gasteiger partial charge in [0.15, 0.2) is 5.43 Å². The fourth-order valence-corrected chi connectivity index (χ4v) is 4.20. The number of ether oxygens (including phenoxy) is 1. The molecular weight excluding hydrogens is 402 g/mol. The van der Waals surface area contributed by atoms with Gasteiger partial charge in [-0.15, -0.1) is 0 Å². The van der Waals surface area contributed by atoms with Crippen LogP contribution in [0.2, 0.25) is 5.02 Å². The van der Waals surface area contributed by atoms with Crippen LogP contribution in [0.5, 0.6) is 0 Å².